The second-order valence-corrected chi connectivity index (χ2v) is 5.97. The van der Waals surface area contributed by atoms with Crippen LogP contribution in [-0.2, 0) is 4.74 Å². The molecule has 21 heavy (non-hydrogen) atoms. The summed E-state index contributed by atoms with van der Waals surface area (Å²) < 4.78 is 5.49. The molecule has 1 saturated heterocycles. The normalized spacial score (nSPS) is 21.9. The first-order chi connectivity index (χ1) is 10.0. The predicted molar refractivity (Wildman–Crippen MR) is 83.7 cm³/mol. The number of carbonyl (C=O) groups is 1. The molecule has 0 spiro atoms. The minimum Gasteiger partial charge on any atom is -0.384 e. The van der Waals surface area contributed by atoms with E-state index in [0.717, 1.165) is 43.8 Å². The molecule has 2 heterocycles. The quantitative estimate of drug-likeness (QED) is 0.875. The predicted octanol–water partition coefficient (Wildman–Crippen LogP) is 2.51. The monoisotopic (exact) mass is 291 g/mol. The molecule has 0 saturated carbocycles. The fourth-order valence-electron chi connectivity index (χ4n) is 2.52. The van der Waals surface area contributed by atoms with E-state index in [-0.39, 0.29) is 11.4 Å². The third-order valence-electron chi connectivity index (χ3n) is 3.70. The van der Waals surface area contributed by atoms with Crippen LogP contribution in [-0.4, -0.2) is 36.2 Å². The number of nitrogens with zero attached hydrogens (tertiary/aromatic N) is 1. The number of aromatic nitrogens is 1. The van der Waals surface area contributed by atoms with E-state index < -0.39 is 0 Å². The summed E-state index contributed by atoms with van der Waals surface area (Å²) in [7, 11) is 0. The van der Waals surface area contributed by atoms with Crippen LogP contribution in [0.4, 0.5) is 5.69 Å². The average Bonchev–Trinajstić information content (AvgIpc) is 2.45. The highest BCUT2D eigenvalue weighted by Gasteiger charge is 2.30. The van der Waals surface area contributed by atoms with Gasteiger partial charge in [0.05, 0.1) is 23.4 Å². The van der Waals surface area contributed by atoms with Gasteiger partial charge in [0.2, 0.25) is 0 Å². The molecule has 2 rings (SSSR count). The van der Waals surface area contributed by atoms with Gasteiger partial charge in [-0.25, -0.2) is 0 Å². The van der Waals surface area contributed by atoms with Crippen molar-refractivity contribution in [2.75, 3.05) is 25.1 Å². The lowest BCUT2D eigenvalue weighted by Crippen LogP contribution is -2.51. The van der Waals surface area contributed by atoms with E-state index in [1.54, 1.807) is 6.20 Å². The Hall–Kier alpha value is -1.62. The number of aryl methyl sites for hydroxylation is 1. The Morgan fingerprint density at radius 2 is 2.33 bits per heavy atom. The van der Waals surface area contributed by atoms with E-state index in [2.05, 4.69) is 22.5 Å². The molecule has 1 aliphatic heterocycles. The zero-order chi connectivity index (χ0) is 15.3. The van der Waals surface area contributed by atoms with Crippen LogP contribution in [0.25, 0.3) is 0 Å². The highest BCUT2D eigenvalue weighted by atomic mass is 16.5. The third kappa shape index (κ3) is 4.17. The summed E-state index contributed by atoms with van der Waals surface area (Å²) in [5, 5.41) is 6.41. The minimum absolute atomic E-state index is 0.0888. The number of pyridine rings is 1. The summed E-state index contributed by atoms with van der Waals surface area (Å²) in [5.74, 6) is -0.0888. The molecule has 0 bridgehead atoms. The molecular formula is C16H25N3O2. The number of amides is 1. The van der Waals surface area contributed by atoms with E-state index >= 15 is 0 Å². The van der Waals surface area contributed by atoms with Crippen LogP contribution in [0.5, 0.6) is 0 Å². The highest BCUT2D eigenvalue weighted by Crippen LogP contribution is 2.21. The van der Waals surface area contributed by atoms with E-state index in [4.69, 9.17) is 4.74 Å². The van der Waals surface area contributed by atoms with Crippen LogP contribution in [0.15, 0.2) is 12.3 Å². The standard InChI is InChI=1S/C16H25N3O2/c1-4-7-17-14-9-12(2)18-10-13(14)15(20)19-16(3)6-5-8-21-11-16/h9-10H,4-8,11H2,1-3H3,(H,17,18)(H,19,20). The number of anilines is 1. The van der Waals surface area contributed by atoms with Crippen molar-refractivity contribution in [3.8, 4) is 0 Å². The van der Waals surface area contributed by atoms with Crippen molar-refractivity contribution in [2.45, 2.75) is 45.6 Å². The number of hydrogen-bond donors (Lipinski definition) is 2. The molecule has 0 aliphatic carbocycles. The van der Waals surface area contributed by atoms with E-state index in [9.17, 15) is 4.79 Å². The van der Waals surface area contributed by atoms with Crippen LogP contribution in [0.1, 0.15) is 49.2 Å². The molecule has 0 radical (unpaired) electrons. The summed E-state index contributed by atoms with van der Waals surface area (Å²) in [6.07, 6.45) is 4.57. The highest BCUT2D eigenvalue weighted by molar-refractivity contribution is 5.99. The smallest absolute Gasteiger partial charge is 0.255 e. The van der Waals surface area contributed by atoms with Crippen molar-refractivity contribution in [2.24, 2.45) is 0 Å². The Kier molecular flexibility index (Phi) is 5.17. The van der Waals surface area contributed by atoms with Gasteiger partial charge >= 0.3 is 0 Å². The van der Waals surface area contributed by atoms with Gasteiger partial charge in [0.25, 0.3) is 5.91 Å². The molecule has 1 aliphatic rings. The van der Waals surface area contributed by atoms with Crippen molar-refractivity contribution >= 4 is 11.6 Å². The maximum atomic E-state index is 12.6. The maximum Gasteiger partial charge on any atom is 0.255 e. The van der Waals surface area contributed by atoms with Gasteiger partial charge in [0.15, 0.2) is 0 Å². The first kappa shape index (κ1) is 15.8. The molecule has 2 N–H and O–H groups in total. The Morgan fingerprint density at radius 1 is 1.52 bits per heavy atom. The number of ether oxygens (including phenoxy) is 1. The van der Waals surface area contributed by atoms with Gasteiger partial charge in [-0.2, -0.15) is 0 Å². The van der Waals surface area contributed by atoms with Crippen molar-refractivity contribution < 1.29 is 9.53 Å². The summed E-state index contributed by atoms with van der Waals surface area (Å²) in [4.78, 5) is 16.8. The molecule has 1 aromatic rings. The third-order valence-corrected chi connectivity index (χ3v) is 3.70. The van der Waals surface area contributed by atoms with Crippen LogP contribution in [0.2, 0.25) is 0 Å². The summed E-state index contributed by atoms with van der Waals surface area (Å²) in [6, 6.07) is 1.92. The fourth-order valence-corrected chi connectivity index (χ4v) is 2.52. The SMILES string of the molecule is CCCNc1cc(C)ncc1C(=O)NC1(C)CCCOC1. The molecule has 1 fully saturated rings. The summed E-state index contributed by atoms with van der Waals surface area (Å²) >= 11 is 0. The first-order valence-corrected chi connectivity index (χ1v) is 7.65. The minimum atomic E-state index is -0.289. The first-order valence-electron chi connectivity index (χ1n) is 7.65. The number of nitrogens with one attached hydrogen (secondary N) is 2. The molecule has 5 heteroatoms. The average molecular weight is 291 g/mol. The molecule has 5 nitrogen and oxygen atoms in total. The van der Waals surface area contributed by atoms with Gasteiger partial charge in [-0.15, -0.1) is 0 Å². The largest absolute Gasteiger partial charge is 0.384 e. The van der Waals surface area contributed by atoms with Crippen LogP contribution < -0.4 is 10.6 Å². The van der Waals surface area contributed by atoms with Crippen molar-refractivity contribution in [1.29, 1.82) is 0 Å². The number of rotatable bonds is 5. The van der Waals surface area contributed by atoms with E-state index in [1.807, 2.05) is 19.9 Å². The molecular weight excluding hydrogens is 266 g/mol. The van der Waals surface area contributed by atoms with Gasteiger partial charge < -0.3 is 15.4 Å². The Balaban J connectivity index is 2.14. The van der Waals surface area contributed by atoms with E-state index in [1.165, 1.54) is 0 Å². The van der Waals surface area contributed by atoms with Crippen LogP contribution in [0, 0.1) is 6.92 Å². The Morgan fingerprint density at radius 3 is 3.00 bits per heavy atom. The van der Waals surface area contributed by atoms with Gasteiger partial charge in [-0.3, -0.25) is 9.78 Å². The fraction of sp³-hybridized carbons (Fsp3) is 0.625. The molecule has 1 unspecified atom stereocenters. The lowest BCUT2D eigenvalue weighted by molar-refractivity contribution is 0.0273. The van der Waals surface area contributed by atoms with Crippen molar-refractivity contribution in [3.63, 3.8) is 0 Å². The topological polar surface area (TPSA) is 63.2 Å². The van der Waals surface area contributed by atoms with Crippen LogP contribution >= 0.6 is 0 Å². The van der Waals surface area contributed by atoms with Crippen molar-refractivity contribution in [3.05, 3.63) is 23.5 Å². The summed E-state index contributed by atoms with van der Waals surface area (Å²) in [5.41, 5.74) is 2.06. The molecule has 116 valence electrons. The second-order valence-electron chi connectivity index (χ2n) is 5.97. The molecule has 1 atom stereocenters. The number of carbonyl (C=O) groups excluding carboxylic acids is 1. The second kappa shape index (κ2) is 6.89. The lowest BCUT2D eigenvalue weighted by Gasteiger charge is -2.34. The Bertz CT molecular complexity index is 496. The van der Waals surface area contributed by atoms with Gasteiger partial charge in [0, 0.05) is 25.0 Å². The van der Waals surface area contributed by atoms with Gasteiger partial charge in [-0.05, 0) is 39.2 Å². The van der Waals surface area contributed by atoms with E-state index in [0.29, 0.717) is 12.2 Å². The zero-order valence-electron chi connectivity index (χ0n) is 13.2. The maximum absolute atomic E-state index is 12.6. The van der Waals surface area contributed by atoms with Gasteiger partial charge in [0.1, 0.15) is 0 Å². The Labute approximate surface area is 126 Å². The summed E-state index contributed by atoms with van der Waals surface area (Å²) in [6.45, 7) is 8.24. The lowest BCUT2D eigenvalue weighted by atomic mass is 9.94. The zero-order valence-corrected chi connectivity index (χ0v) is 13.2. The van der Waals surface area contributed by atoms with Crippen molar-refractivity contribution in [1.82, 2.24) is 10.3 Å². The van der Waals surface area contributed by atoms with Gasteiger partial charge in [-0.1, -0.05) is 6.92 Å². The number of hydrogen-bond acceptors (Lipinski definition) is 4. The molecule has 1 aromatic heterocycles. The molecule has 0 aromatic carbocycles. The molecule has 1 amide bonds. The van der Waals surface area contributed by atoms with Crippen LogP contribution in [0.3, 0.4) is 0 Å².